The zero-order valence-corrected chi connectivity index (χ0v) is 12.5. The third kappa shape index (κ3) is 3.08. The first kappa shape index (κ1) is 15.5. The Morgan fingerprint density at radius 1 is 1.43 bits per heavy atom. The Hall–Kier alpha value is -1.88. The molecule has 5 heteroatoms. The van der Waals surface area contributed by atoms with Gasteiger partial charge in [-0.3, -0.25) is 4.79 Å². The first-order valence-corrected chi connectivity index (χ1v) is 7.06. The molecule has 0 fully saturated rings. The van der Waals surface area contributed by atoms with E-state index in [-0.39, 0.29) is 30.1 Å². The zero-order chi connectivity index (χ0) is 15.6. The van der Waals surface area contributed by atoms with Gasteiger partial charge in [0, 0.05) is 30.1 Å². The molecule has 2 rings (SSSR count). The Balaban J connectivity index is 2.39. The van der Waals surface area contributed by atoms with Gasteiger partial charge >= 0.3 is 0 Å². The highest BCUT2D eigenvalue weighted by atomic mass is 19.1. The fraction of sp³-hybridized carbons (Fsp3) is 0.438. The third-order valence-corrected chi connectivity index (χ3v) is 3.53. The smallest absolute Gasteiger partial charge is 0.290 e. The van der Waals surface area contributed by atoms with Crippen LogP contribution in [0, 0.1) is 12.7 Å². The van der Waals surface area contributed by atoms with Crippen LogP contribution >= 0.6 is 0 Å². The van der Waals surface area contributed by atoms with Gasteiger partial charge in [-0.05, 0) is 45.4 Å². The van der Waals surface area contributed by atoms with Gasteiger partial charge < -0.3 is 14.4 Å². The van der Waals surface area contributed by atoms with E-state index in [1.807, 2.05) is 13.8 Å². The second-order valence-corrected chi connectivity index (χ2v) is 5.37. The molecule has 0 aliphatic carbocycles. The summed E-state index contributed by atoms with van der Waals surface area (Å²) >= 11 is 0. The van der Waals surface area contributed by atoms with E-state index in [0.717, 1.165) is 0 Å². The van der Waals surface area contributed by atoms with Gasteiger partial charge in [0.05, 0.1) is 0 Å². The number of aryl methyl sites for hydroxylation is 1. The van der Waals surface area contributed by atoms with Crippen LogP contribution in [0.25, 0.3) is 11.0 Å². The predicted molar refractivity (Wildman–Crippen MR) is 78.8 cm³/mol. The van der Waals surface area contributed by atoms with Crippen LogP contribution in [-0.4, -0.2) is 35.1 Å². The zero-order valence-electron chi connectivity index (χ0n) is 12.5. The number of aliphatic hydroxyl groups excluding tert-OH is 1. The van der Waals surface area contributed by atoms with E-state index in [0.29, 0.717) is 29.5 Å². The van der Waals surface area contributed by atoms with Crippen LogP contribution in [0.3, 0.4) is 0 Å². The molecule has 1 aromatic heterocycles. The molecule has 1 N–H and O–H groups in total. The van der Waals surface area contributed by atoms with Crippen molar-refractivity contribution < 1.29 is 18.7 Å². The van der Waals surface area contributed by atoms with Gasteiger partial charge in [0.1, 0.15) is 11.4 Å². The SMILES string of the molecule is Cc1c(C(=O)N(CCCO)C(C)C)oc2ccc(F)cc12. The summed E-state index contributed by atoms with van der Waals surface area (Å²) in [6.45, 7) is 6.06. The number of benzene rings is 1. The molecular weight excluding hydrogens is 273 g/mol. The maximum Gasteiger partial charge on any atom is 0.290 e. The van der Waals surface area contributed by atoms with Gasteiger partial charge in [-0.1, -0.05) is 0 Å². The minimum absolute atomic E-state index is 0.00611. The number of hydrogen-bond donors (Lipinski definition) is 1. The lowest BCUT2D eigenvalue weighted by Crippen LogP contribution is -2.38. The molecule has 0 unspecified atom stereocenters. The van der Waals surface area contributed by atoms with Crippen LogP contribution < -0.4 is 0 Å². The normalized spacial score (nSPS) is 11.3. The van der Waals surface area contributed by atoms with E-state index in [2.05, 4.69) is 0 Å². The minimum Gasteiger partial charge on any atom is -0.451 e. The minimum atomic E-state index is -0.355. The number of rotatable bonds is 5. The molecule has 0 atom stereocenters. The first-order valence-electron chi connectivity index (χ1n) is 7.06. The lowest BCUT2D eigenvalue weighted by Gasteiger charge is -2.25. The monoisotopic (exact) mass is 293 g/mol. The molecule has 1 heterocycles. The number of carbonyl (C=O) groups excluding carboxylic acids is 1. The Morgan fingerprint density at radius 3 is 2.76 bits per heavy atom. The van der Waals surface area contributed by atoms with Crippen molar-refractivity contribution in [1.82, 2.24) is 4.90 Å². The average molecular weight is 293 g/mol. The molecule has 0 saturated carbocycles. The van der Waals surface area contributed by atoms with E-state index < -0.39 is 0 Å². The van der Waals surface area contributed by atoms with Gasteiger partial charge in [0.2, 0.25) is 0 Å². The number of fused-ring (bicyclic) bond motifs is 1. The van der Waals surface area contributed by atoms with E-state index in [9.17, 15) is 9.18 Å². The van der Waals surface area contributed by atoms with Gasteiger partial charge in [-0.25, -0.2) is 4.39 Å². The van der Waals surface area contributed by atoms with Crippen molar-refractivity contribution in [1.29, 1.82) is 0 Å². The van der Waals surface area contributed by atoms with Crippen molar-refractivity contribution in [3.8, 4) is 0 Å². The topological polar surface area (TPSA) is 53.7 Å². The van der Waals surface area contributed by atoms with Crippen molar-refractivity contribution in [3.05, 3.63) is 35.3 Å². The lowest BCUT2D eigenvalue weighted by atomic mass is 10.1. The van der Waals surface area contributed by atoms with Gasteiger partial charge in [-0.2, -0.15) is 0 Å². The number of carbonyl (C=O) groups is 1. The Morgan fingerprint density at radius 2 is 2.14 bits per heavy atom. The van der Waals surface area contributed by atoms with E-state index in [4.69, 9.17) is 9.52 Å². The van der Waals surface area contributed by atoms with Gasteiger partial charge in [0.25, 0.3) is 5.91 Å². The Bertz CT molecular complexity index is 648. The maximum absolute atomic E-state index is 13.3. The van der Waals surface area contributed by atoms with E-state index >= 15 is 0 Å². The second kappa shape index (κ2) is 6.26. The van der Waals surface area contributed by atoms with Gasteiger partial charge in [-0.15, -0.1) is 0 Å². The molecule has 0 bridgehead atoms. The molecule has 21 heavy (non-hydrogen) atoms. The van der Waals surface area contributed by atoms with Crippen molar-refractivity contribution in [3.63, 3.8) is 0 Å². The highest BCUT2D eigenvalue weighted by Gasteiger charge is 2.24. The highest BCUT2D eigenvalue weighted by molar-refractivity contribution is 5.99. The van der Waals surface area contributed by atoms with Crippen molar-refractivity contribution in [2.75, 3.05) is 13.2 Å². The molecule has 114 valence electrons. The summed E-state index contributed by atoms with van der Waals surface area (Å²) < 4.78 is 18.9. The molecule has 1 aromatic carbocycles. The molecular formula is C16H20FNO3. The number of furan rings is 1. The molecule has 0 saturated heterocycles. The third-order valence-electron chi connectivity index (χ3n) is 3.53. The van der Waals surface area contributed by atoms with E-state index in [1.165, 1.54) is 18.2 Å². The summed E-state index contributed by atoms with van der Waals surface area (Å²) in [5.41, 5.74) is 1.15. The van der Waals surface area contributed by atoms with Crippen molar-refractivity contribution in [2.24, 2.45) is 0 Å². The summed E-state index contributed by atoms with van der Waals surface area (Å²) in [5.74, 6) is -0.346. The lowest BCUT2D eigenvalue weighted by molar-refractivity contribution is 0.0662. The Kier molecular flexibility index (Phi) is 4.63. The first-order chi connectivity index (χ1) is 9.95. The average Bonchev–Trinajstić information content (AvgIpc) is 2.76. The molecule has 0 aliphatic rings. The van der Waals surface area contributed by atoms with E-state index in [1.54, 1.807) is 11.8 Å². The van der Waals surface area contributed by atoms with Crippen LogP contribution in [0.2, 0.25) is 0 Å². The van der Waals surface area contributed by atoms with Crippen molar-refractivity contribution >= 4 is 16.9 Å². The molecule has 1 amide bonds. The number of halogens is 1. The van der Waals surface area contributed by atoms with Crippen LogP contribution in [-0.2, 0) is 0 Å². The summed E-state index contributed by atoms with van der Waals surface area (Å²) in [5, 5.41) is 9.56. The second-order valence-electron chi connectivity index (χ2n) is 5.37. The number of hydrogen-bond acceptors (Lipinski definition) is 3. The Labute approximate surface area is 123 Å². The van der Waals surface area contributed by atoms with Crippen LogP contribution in [0.15, 0.2) is 22.6 Å². The maximum atomic E-state index is 13.3. The molecule has 0 radical (unpaired) electrons. The molecule has 0 aliphatic heterocycles. The predicted octanol–water partition coefficient (Wildman–Crippen LogP) is 3.11. The fourth-order valence-corrected chi connectivity index (χ4v) is 2.36. The number of nitrogens with zero attached hydrogens (tertiary/aromatic N) is 1. The van der Waals surface area contributed by atoms with Crippen LogP contribution in [0.5, 0.6) is 0 Å². The molecule has 2 aromatic rings. The van der Waals surface area contributed by atoms with Crippen LogP contribution in [0.1, 0.15) is 36.4 Å². The number of aliphatic hydroxyl groups is 1. The summed E-state index contributed by atoms with van der Waals surface area (Å²) in [7, 11) is 0. The summed E-state index contributed by atoms with van der Waals surface area (Å²) in [6.07, 6.45) is 0.512. The molecule has 0 spiro atoms. The van der Waals surface area contributed by atoms with Crippen LogP contribution in [0.4, 0.5) is 4.39 Å². The van der Waals surface area contributed by atoms with Gasteiger partial charge in [0.15, 0.2) is 5.76 Å². The largest absolute Gasteiger partial charge is 0.451 e. The highest BCUT2D eigenvalue weighted by Crippen LogP contribution is 2.27. The summed E-state index contributed by atoms with van der Waals surface area (Å²) in [4.78, 5) is 14.3. The standard InChI is InChI=1S/C16H20FNO3/c1-10(2)18(7-4-8-19)16(20)15-11(3)13-9-12(17)5-6-14(13)21-15/h5-6,9-10,19H,4,7-8H2,1-3H3. The fourth-order valence-electron chi connectivity index (χ4n) is 2.36. The summed E-state index contributed by atoms with van der Waals surface area (Å²) in [6, 6.07) is 4.21. The quantitative estimate of drug-likeness (QED) is 0.921. The van der Waals surface area contributed by atoms with Crippen molar-refractivity contribution in [2.45, 2.75) is 33.2 Å². The number of amides is 1. The molecule has 4 nitrogen and oxygen atoms in total.